The van der Waals surface area contributed by atoms with E-state index in [0.717, 1.165) is 19.5 Å². The molecule has 1 aromatic heterocycles. The number of rotatable bonds is 5. The van der Waals surface area contributed by atoms with Crippen LogP contribution in [0.25, 0.3) is 0 Å². The quantitative estimate of drug-likeness (QED) is 0.792. The summed E-state index contributed by atoms with van der Waals surface area (Å²) in [7, 11) is 1.64. The lowest BCUT2D eigenvalue weighted by Crippen LogP contribution is -2.39. The standard InChI is InChI=1S/C14H19N3O2S/c1-17(14(19)12-3-2-8-20-12)10-13(18)16-9-11-4-6-15-7-5-11/h2-4,8,15H,5-7,9-10H2,1H3,(H,16,18). The largest absolute Gasteiger partial charge is 0.351 e. The van der Waals surface area contributed by atoms with Crippen molar-refractivity contribution in [3.63, 3.8) is 0 Å². The number of amides is 2. The molecule has 0 aromatic carbocycles. The predicted molar refractivity (Wildman–Crippen MR) is 79.9 cm³/mol. The Kier molecular flexibility index (Phi) is 5.31. The van der Waals surface area contributed by atoms with Crippen molar-refractivity contribution in [1.82, 2.24) is 15.5 Å². The Morgan fingerprint density at radius 2 is 2.35 bits per heavy atom. The lowest BCUT2D eigenvalue weighted by atomic mass is 10.1. The molecular weight excluding hydrogens is 274 g/mol. The molecule has 2 rings (SSSR count). The van der Waals surface area contributed by atoms with Crippen molar-refractivity contribution in [2.45, 2.75) is 6.42 Å². The number of carbonyl (C=O) groups is 2. The number of hydrogen-bond donors (Lipinski definition) is 2. The van der Waals surface area contributed by atoms with Crippen molar-refractivity contribution in [3.8, 4) is 0 Å². The molecule has 0 spiro atoms. The van der Waals surface area contributed by atoms with Gasteiger partial charge >= 0.3 is 0 Å². The van der Waals surface area contributed by atoms with Crippen LogP contribution < -0.4 is 10.6 Å². The Morgan fingerprint density at radius 1 is 1.50 bits per heavy atom. The first-order valence-electron chi connectivity index (χ1n) is 6.61. The Bertz CT molecular complexity index is 497. The van der Waals surface area contributed by atoms with Crippen molar-refractivity contribution in [1.29, 1.82) is 0 Å². The van der Waals surface area contributed by atoms with Crippen molar-refractivity contribution in [3.05, 3.63) is 34.0 Å². The van der Waals surface area contributed by atoms with E-state index in [0.29, 0.717) is 11.4 Å². The molecule has 0 saturated carbocycles. The van der Waals surface area contributed by atoms with Crippen LogP contribution >= 0.6 is 11.3 Å². The topological polar surface area (TPSA) is 61.4 Å². The van der Waals surface area contributed by atoms with Crippen LogP contribution in [0.2, 0.25) is 0 Å². The predicted octanol–water partition coefficient (Wildman–Crippen LogP) is 0.856. The fraction of sp³-hybridized carbons (Fsp3) is 0.429. The van der Waals surface area contributed by atoms with E-state index in [1.807, 2.05) is 11.4 Å². The maximum atomic E-state index is 12.0. The van der Waals surface area contributed by atoms with Gasteiger partial charge in [0.25, 0.3) is 5.91 Å². The van der Waals surface area contributed by atoms with Gasteiger partial charge in [-0.1, -0.05) is 17.7 Å². The van der Waals surface area contributed by atoms with Gasteiger partial charge in [0.15, 0.2) is 0 Å². The fourth-order valence-electron chi connectivity index (χ4n) is 1.97. The third-order valence-corrected chi connectivity index (χ3v) is 3.99. The molecule has 1 aliphatic rings. The minimum atomic E-state index is -0.128. The van der Waals surface area contributed by atoms with Crippen LogP contribution in [0, 0.1) is 0 Å². The maximum absolute atomic E-state index is 12.0. The van der Waals surface area contributed by atoms with E-state index in [4.69, 9.17) is 0 Å². The van der Waals surface area contributed by atoms with Crippen LogP contribution in [-0.2, 0) is 4.79 Å². The fourth-order valence-corrected chi connectivity index (χ4v) is 2.69. The smallest absolute Gasteiger partial charge is 0.264 e. The molecule has 0 radical (unpaired) electrons. The zero-order chi connectivity index (χ0) is 14.4. The van der Waals surface area contributed by atoms with Gasteiger partial charge in [0.05, 0.1) is 11.4 Å². The second-order valence-corrected chi connectivity index (χ2v) is 5.68. The van der Waals surface area contributed by atoms with Crippen LogP contribution in [0.4, 0.5) is 0 Å². The Balaban J connectivity index is 1.76. The molecule has 2 heterocycles. The molecule has 1 aromatic rings. The van der Waals surface area contributed by atoms with Gasteiger partial charge in [-0.05, 0) is 24.4 Å². The van der Waals surface area contributed by atoms with Gasteiger partial charge in [0.1, 0.15) is 0 Å². The monoisotopic (exact) mass is 293 g/mol. The molecule has 0 bridgehead atoms. The highest BCUT2D eigenvalue weighted by Gasteiger charge is 2.15. The molecule has 0 atom stereocenters. The van der Waals surface area contributed by atoms with E-state index in [2.05, 4.69) is 16.7 Å². The third kappa shape index (κ3) is 4.18. The van der Waals surface area contributed by atoms with Crippen molar-refractivity contribution >= 4 is 23.2 Å². The van der Waals surface area contributed by atoms with Crippen molar-refractivity contribution < 1.29 is 9.59 Å². The molecule has 0 unspecified atom stereocenters. The summed E-state index contributed by atoms with van der Waals surface area (Å²) in [5, 5.41) is 7.93. The van der Waals surface area contributed by atoms with Gasteiger partial charge < -0.3 is 15.5 Å². The summed E-state index contributed by atoms with van der Waals surface area (Å²) in [4.78, 5) is 25.9. The third-order valence-electron chi connectivity index (χ3n) is 3.13. The summed E-state index contributed by atoms with van der Waals surface area (Å²) in [5.74, 6) is -0.243. The molecule has 0 aliphatic carbocycles. The number of hydrogen-bond acceptors (Lipinski definition) is 4. The second-order valence-electron chi connectivity index (χ2n) is 4.73. The summed E-state index contributed by atoms with van der Waals surface area (Å²) in [6.45, 7) is 2.48. The summed E-state index contributed by atoms with van der Waals surface area (Å²) in [6.07, 6.45) is 3.06. The second kappa shape index (κ2) is 7.21. The molecule has 0 saturated heterocycles. The van der Waals surface area contributed by atoms with Gasteiger partial charge in [0.2, 0.25) is 5.91 Å². The molecule has 1 aliphatic heterocycles. The van der Waals surface area contributed by atoms with Crippen LogP contribution in [0.1, 0.15) is 16.1 Å². The van der Waals surface area contributed by atoms with Gasteiger partial charge in [-0.25, -0.2) is 0 Å². The van der Waals surface area contributed by atoms with E-state index < -0.39 is 0 Å². The maximum Gasteiger partial charge on any atom is 0.264 e. The highest BCUT2D eigenvalue weighted by molar-refractivity contribution is 7.12. The Morgan fingerprint density at radius 3 is 3.00 bits per heavy atom. The van der Waals surface area contributed by atoms with Gasteiger partial charge in [-0.15, -0.1) is 11.3 Å². The number of nitrogens with one attached hydrogen (secondary N) is 2. The molecule has 108 valence electrons. The lowest BCUT2D eigenvalue weighted by Gasteiger charge is -2.18. The van der Waals surface area contributed by atoms with Crippen LogP contribution in [0.3, 0.4) is 0 Å². The highest BCUT2D eigenvalue weighted by Crippen LogP contribution is 2.10. The van der Waals surface area contributed by atoms with E-state index in [1.165, 1.54) is 21.8 Å². The van der Waals surface area contributed by atoms with Gasteiger partial charge in [-0.2, -0.15) is 0 Å². The first-order chi connectivity index (χ1) is 9.66. The van der Waals surface area contributed by atoms with Crippen LogP contribution in [0.15, 0.2) is 29.2 Å². The van der Waals surface area contributed by atoms with Crippen LogP contribution in [0.5, 0.6) is 0 Å². The molecule has 2 amide bonds. The zero-order valence-electron chi connectivity index (χ0n) is 11.5. The summed E-state index contributed by atoms with van der Waals surface area (Å²) in [5.41, 5.74) is 1.24. The minimum Gasteiger partial charge on any atom is -0.351 e. The van der Waals surface area contributed by atoms with Crippen LogP contribution in [-0.4, -0.2) is 49.9 Å². The van der Waals surface area contributed by atoms with Crippen molar-refractivity contribution in [2.24, 2.45) is 0 Å². The van der Waals surface area contributed by atoms with Gasteiger partial charge in [0, 0.05) is 20.1 Å². The molecule has 0 fully saturated rings. The Hall–Kier alpha value is -1.66. The van der Waals surface area contributed by atoms with E-state index >= 15 is 0 Å². The van der Waals surface area contributed by atoms with E-state index in [1.54, 1.807) is 13.1 Å². The SMILES string of the molecule is CN(CC(=O)NCC1=CCNCC1)C(=O)c1cccs1. The average molecular weight is 293 g/mol. The number of likely N-dealkylation sites (N-methyl/N-ethyl adjacent to an activating group) is 1. The lowest BCUT2D eigenvalue weighted by molar-refractivity contribution is -0.121. The molecule has 5 nitrogen and oxygen atoms in total. The summed E-state index contributed by atoms with van der Waals surface area (Å²) >= 11 is 1.38. The zero-order valence-corrected chi connectivity index (χ0v) is 12.3. The van der Waals surface area contributed by atoms with Crippen molar-refractivity contribution in [2.75, 3.05) is 33.2 Å². The minimum absolute atomic E-state index is 0.0856. The number of carbonyl (C=O) groups excluding carboxylic acids is 2. The first kappa shape index (κ1) is 14.7. The average Bonchev–Trinajstić information content (AvgIpc) is 2.99. The normalized spacial score (nSPS) is 14.6. The molecule has 6 heteroatoms. The summed E-state index contributed by atoms with van der Waals surface area (Å²) < 4.78 is 0. The first-order valence-corrected chi connectivity index (χ1v) is 7.49. The Labute approximate surface area is 122 Å². The molecule has 20 heavy (non-hydrogen) atoms. The molecule has 2 N–H and O–H groups in total. The highest BCUT2D eigenvalue weighted by atomic mass is 32.1. The van der Waals surface area contributed by atoms with E-state index in [-0.39, 0.29) is 18.4 Å². The summed E-state index contributed by atoms with van der Waals surface area (Å²) in [6, 6.07) is 3.59. The number of thiophene rings is 1. The van der Waals surface area contributed by atoms with E-state index in [9.17, 15) is 9.59 Å². The molecular formula is C14H19N3O2S. The number of nitrogens with zero attached hydrogens (tertiary/aromatic N) is 1. The van der Waals surface area contributed by atoms with Gasteiger partial charge in [-0.3, -0.25) is 9.59 Å².